The van der Waals surface area contributed by atoms with Gasteiger partial charge in [0.15, 0.2) is 5.65 Å². The molecule has 210 valence electrons. The second-order valence-electron chi connectivity index (χ2n) is 12.1. The molecule has 1 aliphatic carbocycles. The van der Waals surface area contributed by atoms with Gasteiger partial charge in [0.05, 0.1) is 17.8 Å². The number of anilines is 2. The highest BCUT2D eigenvalue weighted by Gasteiger charge is 2.30. The number of hydrogen-bond donors (Lipinski definition) is 4. The lowest BCUT2D eigenvalue weighted by Crippen LogP contribution is -2.45. The largest absolute Gasteiger partial charge is 0.388 e. The third-order valence-corrected chi connectivity index (χ3v) is 7.81. The molecule has 2 fully saturated rings. The molecule has 2 aromatic heterocycles. The predicted molar refractivity (Wildman–Crippen MR) is 154 cm³/mol. The normalized spacial score (nSPS) is 17.4. The summed E-state index contributed by atoms with van der Waals surface area (Å²) < 4.78 is 7.38. The Balaban J connectivity index is 1.50. The van der Waals surface area contributed by atoms with Gasteiger partial charge in [-0.2, -0.15) is 9.61 Å². The van der Waals surface area contributed by atoms with Crippen LogP contribution >= 0.6 is 0 Å². The van der Waals surface area contributed by atoms with E-state index in [0.29, 0.717) is 29.0 Å². The Morgan fingerprint density at radius 2 is 1.92 bits per heavy atom. The second kappa shape index (κ2) is 11.1. The molecule has 1 amide bonds. The molecule has 0 spiro atoms. The number of aromatic nitrogens is 3. The lowest BCUT2D eigenvalue weighted by molar-refractivity contribution is 0.0440. The summed E-state index contributed by atoms with van der Waals surface area (Å²) in [6.45, 7) is 12.2. The number of ether oxygens (including phenoxy) is 1. The smallest absolute Gasteiger partial charge is 0.251 e. The summed E-state index contributed by atoms with van der Waals surface area (Å²) in [5, 5.41) is 25.7. The van der Waals surface area contributed by atoms with E-state index in [1.165, 1.54) is 0 Å². The van der Waals surface area contributed by atoms with Gasteiger partial charge in [0.1, 0.15) is 11.6 Å². The number of benzene rings is 1. The first-order valence-corrected chi connectivity index (χ1v) is 14.2. The Hall–Kier alpha value is -3.17. The lowest BCUT2D eigenvalue weighted by Gasteiger charge is -2.33. The molecule has 4 N–H and O–H groups in total. The molecular formula is C30H42N6O3. The Labute approximate surface area is 230 Å². The maximum Gasteiger partial charge on any atom is 0.251 e. The summed E-state index contributed by atoms with van der Waals surface area (Å²) in [5.74, 6) is 2.22. The summed E-state index contributed by atoms with van der Waals surface area (Å²) in [6, 6.07) is 7.98. The number of amides is 1. The number of aryl methyl sites for hydroxylation is 1. The van der Waals surface area contributed by atoms with E-state index in [0.717, 1.165) is 68.0 Å². The molecule has 1 aliphatic heterocycles. The molecule has 3 heterocycles. The van der Waals surface area contributed by atoms with Gasteiger partial charge in [0.25, 0.3) is 5.91 Å². The van der Waals surface area contributed by atoms with Gasteiger partial charge in [-0.05, 0) is 75.5 Å². The van der Waals surface area contributed by atoms with E-state index in [4.69, 9.17) is 14.8 Å². The molecule has 9 nitrogen and oxygen atoms in total. The van der Waals surface area contributed by atoms with E-state index < -0.39 is 5.60 Å². The molecule has 0 unspecified atom stereocenters. The molecule has 5 rings (SSSR count). The number of nitrogens with zero attached hydrogens (tertiary/aromatic N) is 3. The number of carbonyl (C=O) groups is 1. The number of hydrogen-bond acceptors (Lipinski definition) is 7. The van der Waals surface area contributed by atoms with Gasteiger partial charge in [0.2, 0.25) is 0 Å². The van der Waals surface area contributed by atoms with Crippen molar-refractivity contribution in [1.29, 1.82) is 0 Å². The molecule has 1 atom stereocenters. The average Bonchev–Trinajstić information content (AvgIpc) is 3.60. The standard InChI is InChI=1S/C30H42N6O3/c1-18(2)27(30(4,5)38)34-25-15-26(31-16-20-10-12-39-13-11-20)36-28(35-25)24(17-32-36)21-6-9-23(19(3)14-21)29(37)33-22-7-8-22/h6,9,14-15,17-18,20,22,27,31,38H,7-8,10-13,16H2,1-5H3,(H,33,37)(H,34,35)/t27-/m0/s1. The van der Waals surface area contributed by atoms with Crippen molar-refractivity contribution >= 4 is 23.2 Å². The molecule has 3 aromatic rings. The van der Waals surface area contributed by atoms with E-state index in [1.54, 1.807) is 0 Å². The average molecular weight is 535 g/mol. The van der Waals surface area contributed by atoms with Gasteiger partial charge in [-0.15, -0.1) is 0 Å². The Bertz CT molecular complexity index is 1320. The summed E-state index contributed by atoms with van der Waals surface area (Å²) in [7, 11) is 0. The van der Waals surface area contributed by atoms with Crippen LogP contribution in [-0.4, -0.2) is 63.1 Å². The lowest BCUT2D eigenvalue weighted by atomic mass is 9.89. The number of nitrogens with one attached hydrogen (secondary N) is 3. The van der Waals surface area contributed by atoms with Crippen LogP contribution in [0, 0.1) is 18.8 Å². The Kier molecular flexibility index (Phi) is 7.82. The van der Waals surface area contributed by atoms with Gasteiger partial charge in [-0.3, -0.25) is 4.79 Å². The molecule has 1 saturated carbocycles. The monoisotopic (exact) mass is 534 g/mol. The second-order valence-corrected chi connectivity index (χ2v) is 12.1. The molecular weight excluding hydrogens is 492 g/mol. The van der Waals surface area contributed by atoms with Crippen LogP contribution in [0.1, 0.15) is 69.3 Å². The van der Waals surface area contributed by atoms with Gasteiger partial charge in [0, 0.05) is 43.0 Å². The van der Waals surface area contributed by atoms with Crippen molar-refractivity contribution in [2.24, 2.45) is 11.8 Å². The van der Waals surface area contributed by atoms with Gasteiger partial charge in [-0.25, -0.2) is 4.98 Å². The summed E-state index contributed by atoms with van der Waals surface area (Å²) in [6.07, 6.45) is 6.02. The first kappa shape index (κ1) is 27.4. The first-order chi connectivity index (χ1) is 18.6. The quantitative estimate of drug-likeness (QED) is 0.300. The molecule has 1 aromatic carbocycles. The van der Waals surface area contributed by atoms with Gasteiger partial charge >= 0.3 is 0 Å². The van der Waals surface area contributed by atoms with Crippen LogP contribution in [-0.2, 0) is 4.74 Å². The van der Waals surface area contributed by atoms with Crippen LogP contribution < -0.4 is 16.0 Å². The number of carbonyl (C=O) groups excluding carboxylic acids is 1. The summed E-state index contributed by atoms with van der Waals surface area (Å²) in [5.41, 5.74) is 3.22. The van der Waals surface area contributed by atoms with E-state index in [-0.39, 0.29) is 17.9 Å². The summed E-state index contributed by atoms with van der Waals surface area (Å²) in [4.78, 5) is 17.6. The zero-order valence-corrected chi connectivity index (χ0v) is 23.8. The summed E-state index contributed by atoms with van der Waals surface area (Å²) >= 11 is 0. The number of rotatable bonds is 10. The molecule has 1 saturated heterocycles. The maximum atomic E-state index is 12.7. The SMILES string of the molecule is Cc1cc(-c2cnn3c(NCC4CCOCC4)cc(N[C@@H](C(C)C)C(C)(C)O)nc23)ccc1C(=O)NC1CC1. The van der Waals surface area contributed by atoms with Crippen molar-refractivity contribution < 1.29 is 14.6 Å². The Morgan fingerprint density at radius 1 is 1.18 bits per heavy atom. The van der Waals surface area contributed by atoms with Crippen molar-refractivity contribution in [1.82, 2.24) is 19.9 Å². The zero-order valence-electron chi connectivity index (χ0n) is 23.8. The van der Waals surface area contributed by atoms with Crippen LogP contribution in [0.3, 0.4) is 0 Å². The van der Waals surface area contributed by atoms with Crippen LogP contribution in [0.2, 0.25) is 0 Å². The Morgan fingerprint density at radius 3 is 2.56 bits per heavy atom. The number of aliphatic hydroxyl groups is 1. The maximum absolute atomic E-state index is 12.7. The van der Waals surface area contributed by atoms with Crippen LogP contribution in [0.5, 0.6) is 0 Å². The molecule has 39 heavy (non-hydrogen) atoms. The number of fused-ring (bicyclic) bond motifs is 1. The fourth-order valence-corrected chi connectivity index (χ4v) is 5.46. The van der Waals surface area contributed by atoms with E-state index in [1.807, 2.05) is 55.7 Å². The van der Waals surface area contributed by atoms with E-state index in [9.17, 15) is 9.90 Å². The van der Waals surface area contributed by atoms with E-state index in [2.05, 4.69) is 29.8 Å². The van der Waals surface area contributed by atoms with Gasteiger partial charge in [-0.1, -0.05) is 26.0 Å². The van der Waals surface area contributed by atoms with Crippen LogP contribution in [0.25, 0.3) is 16.8 Å². The minimum atomic E-state index is -0.936. The first-order valence-electron chi connectivity index (χ1n) is 14.2. The molecule has 0 radical (unpaired) electrons. The fraction of sp³-hybridized carbons (Fsp3) is 0.567. The van der Waals surface area contributed by atoms with Crippen molar-refractivity contribution in [3.63, 3.8) is 0 Å². The van der Waals surface area contributed by atoms with Gasteiger partial charge < -0.3 is 25.8 Å². The highest BCUT2D eigenvalue weighted by molar-refractivity contribution is 5.97. The molecule has 0 bridgehead atoms. The van der Waals surface area contributed by atoms with Crippen molar-refractivity contribution in [3.8, 4) is 11.1 Å². The highest BCUT2D eigenvalue weighted by atomic mass is 16.5. The zero-order chi connectivity index (χ0) is 27.7. The fourth-order valence-electron chi connectivity index (χ4n) is 5.46. The van der Waals surface area contributed by atoms with Crippen molar-refractivity contribution in [2.75, 3.05) is 30.4 Å². The topological polar surface area (TPSA) is 113 Å². The predicted octanol–water partition coefficient (Wildman–Crippen LogP) is 4.64. The molecule has 2 aliphatic rings. The van der Waals surface area contributed by atoms with Crippen molar-refractivity contribution in [3.05, 3.63) is 41.6 Å². The van der Waals surface area contributed by atoms with E-state index >= 15 is 0 Å². The minimum absolute atomic E-state index is 0.0167. The van der Waals surface area contributed by atoms with Crippen LogP contribution in [0.4, 0.5) is 11.6 Å². The third kappa shape index (κ3) is 6.36. The molecule has 9 heteroatoms. The van der Waals surface area contributed by atoms with Crippen LogP contribution in [0.15, 0.2) is 30.5 Å². The van der Waals surface area contributed by atoms with Crippen molar-refractivity contribution in [2.45, 2.75) is 78.0 Å². The third-order valence-electron chi connectivity index (χ3n) is 7.81. The minimum Gasteiger partial charge on any atom is -0.388 e. The highest BCUT2D eigenvalue weighted by Crippen LogP contribution is 2.31.